The monoisotopic (exact) mass is 316 g/mol. The maximum atomic E-state index is 6.39. The lowest BCUT2D eigenvalue weighted by molar-refractivity contribution is -0.0550. The zero-order chi connectivity index (χ0) is 15.9. The Morgan fingerprint density at radius 2 is 1.65 bits per heavy atom. The van der Waals surface area contributed by atoms with Crippen molar-refractivity contribution >= 4 is 5.84 Å². The molecule has 0 bridgehead atoms. The summed E-state index contributed by atoms with van der Waals surface area (Å²) in [5.74, 6) is 4.33. The Morgan fingerprint density at radius 3 is 2.17 bits per heavy atom. The number of hydrogen-bond donors (Lipinski definition) is 1. The van der Waals surface area contributed by atoms with E-state index >= 15 is 0 Å². The van der Waals surface area contributed by atoms with Gasteiger partial charge in [0.1, 0.15) is 0 Å². The molecule has 4 nitrogen and oxygen atoms in total. The van der Waals surface area contributed by atoms with Gasteiger partial charge in [-0.2, -0.15) is 5.11 Å². The van der Waals surface area contributed by atoms with Gasteiger partial charge in [-0.25, -0.2) is 4.99 Å². The molecule has 0 spiro atoms. The number of azo groups is 1. The average Bonchev–Trinajstić information content (AvgIpc) is 3.09. The van der Waals surface area contributed by atoms with E-state index in [1.165, 1.54) is 57.8 Å². The van der Waals surface area contributed by atoms with E-state index in [-0.39, 0.29) is 11.5 Å². The van der Waals surface area contributed by atoms with Gasteiger partial charge < -0.3 is 5.73 Å². The second-order valence-electron chi connectivity index (χ2n) is 8.62. The van der Waals surface area contributed by atoms with E-state index in [1.807, 2.05) is 0 Å². The fraction of sp³-hybridized carbons (Fsp3) is 0.947. The first kappa shape index (κ1) is 15.7. The van der Waals surface area contributed by atoms with Gasteiger partial charge in [0.15, 0.2) is 12.5 Å². The van der Waals surface area contributed by atoms with Gasteiger partial charge in [-0.15, -0.1) is 5.11 Å². The Balaban J connectivity index is 1.80. The average molecular weight is 316 g/mol. The number of nitrogens with two attached hydrogens (primary N) is 1. The van der Waals surface area contributed by atoms with Crippen LogP contribution in [0.2, 0.25) is 0 Å². The van der Waals surface area contributed by atoms with Gasteiger partial charge in [0.25, 0.3) is 0 Å². The Kier molecular flexibility index (Phi) is 4.29. The summed E-state index contributed by atoms with van der Waals surface area (Å²) in [4.78, 5) is 4.79. The largest absolute Gasteiger partial charge is 0.328 e. The SMILES string of the molecule is C[C@H](N)CC1(C2=NCN=N2)C2CCCCC2CC2CCCCC21. The normalized spacial score (nSPS) is 44.3. The van der Waals surface area contributed by atoms with E-state index in [0.717, 1.165) is 35.9 Å². The summed E-state index contributed by atoms with van der Waals surface area (Å²) in [7, 11) is 0. The lowest BCUT2D eigenvalue weighted by Gasteiger charge is -2.58. The van der Waals surface area contributed by atoms with Crippen LogP contribution in [-0.2, 0) is 0 Å². The summed E-state index contributed by atoms with van der Waals surface area (Å²) in [6.45, 7) is 2.73. The predicted octanol–water partition coefficient (Wildman–Crippen LogP) is 4.55. The smallest absolute Gasteiger partial charge is 0.154 e. The number of hydrogen-bond acceptors (Lipinski definition) is 4. The molecule has 0 saturated heterocycles. The van der Waals surface area contributed by atoms with E-state index in [4.69, 9.17) is 10.7 Å². The summed E-state index contributed by atoms with van der Waals surface area (Å²) in [6, 6.07) is 0.219. The second-order valence-corrected chi connectivity index (χ2v) is 8.62. The quantitative estimate of drug-likeness (QED) is 0.815. The van der Waals surface area contributed by atoms with Crippen molar-refractivity contribution in [3.05, 3.63) is 0 Å². The summed E-state index contributed by atoms with van der Waals surface area (Å²) in [6.07, 6.45) is 13.7. The molecule has 1 heterocycles. The molecule has 0 radical (unpaired) electrons. The van der Waals surface area contributed by atoms with E-state index in [1.54, 1.807) is 0 Å². The molecule has 5 atom stereocenters. The molecule has 0 aromatic carbocycles. The number of aliphatic imine (C=N–C) groups is 1. The molecule has 1 aliphatic heterocycles. The summed E-state index contributed by atoms with van der Waals surface area (Å²) in [5, 5.41) is 8.83. The first-order valence-corrected chi connectivity index (χ1v) is 9.90. The minimum atomic E-state index is 0.128. The Morgan fingerprint density at radius 1 is 1.04 bits per heavy atom. The van der Waals surface area contributed by atoms with Crippen molar-refractivity contribution in [3.8, 4) is 0 Å². The van der Waals surface area contributed by atoms with E-state index in [9.17, 15) is 0 Å². The van der Waals surface area contributed by atoms with Gasteiger partial charge in [0.2, 0.25) is 0 Å². The minimum Gasteiger partial charge on any atom is -0.328 e. The standard InChI is InChI=1S/C19H32N4/c1-13(20)11-19(18-21-12-22-23-18)16-8-4-2-6-14(16)10-15-7-3-5-9-17(15)19/h13-17H,2-12,20H2,1H3/t13-,14?,15?,16?,17?,19?/m0/s1. The topological polar surface area (TPSA) is 63.1 Å². The number of fused-ring (bicyclic) bond motifs is 2. The van der Waals surface area contributed by atoms with Gasteiger partial charge in [-0.1, -0.05) is 38.5 Å². The minimum absolute atomic E-state index is 0.128. The molecule has 0 aromatic rings. The van der Waals surface area contributed by atoms with Crippen molar-refractivity contribution in [2.75, 3.05) is 6.67 Å². The summed E-state index contributed by atoms with van der Waals surface area (Å²) >= 11 is 0. The molecular weight excluding hydrogens is 284 g/mol. The Labute approximate surface area is 140 Å². The van der Waals surface area contributed by atoms with Gasteiger partial charge in [-0.3, -0.25) is 0 Å². The van der Waals surface area contributed by atoms with Gasteiger partial charge in [0, 0.05) is 11.5 Å². The highest BCUT2D eigenvalue weighted by Gasteiger charge is 2.58. The van der Waals surface area contributed by atoms with Crippen LogP contribution in [0, 0.1) is 29.1 Å². The predicted molar refractivity (Wildman–Crippen MR) is 93.4 cm³/mol. The van der Waals surface area contributed by atoms with Crippen molar-refractivity contribution in [2.45, 2.75) is 77.2 Å². The Hall–Kier alpha value is -0.770. The van der Waals surface area contributed by atoms with Crippen LogP contribution in [0.3, 0.4) is 0 Å². The van der Waals surface area contributed by atoms with Gasteiger partial charge >= 0.3 is 0 Å². The van der Waals surface area contributed by atoms with E-state index in [0.29, 0.717) is 6.67 Å². The number of nitrogens with zero attached hydrogens (tertiary/aromatic N) is 3. The molecule has 0 aromatic heterocycles. The van der Waals surface area contributed by atoms with Crippen LogP contribution < -0.4 is 5.73 Å². The van der Waals surface area contributed by atoms with Crippen LogP contribution in [0.25, 0.3) is 0 Å². The molecule has 0 amide bonds. The third-order valence-electron chi connectivity index (χ3n) is 7.27. The fourth-order valence-electron chi connectivity index (χ4n) is 6.73. The van der Waals surface area contributed by atoms with Crippen LogP contribution in [0.1, 0.15) is 71.1 Å². The van der Waals surface area contributed by atoms with Crippen LogP contribution >= 0.6 is 0 Å². The van der Waals surface area contributed by atoms with Crippen molar-refractivity contribution in [2.24, 2.45) is 50.0 Å². The summed E-state index contributed by atoms with van der Waals surface area (Å²) < 4.78 is 0. The van der Waals surface area contributed by atoms with Crippen molar-refractivity contribution in [1.29, 1.82) is 0 Å². The van der Waals surface area contributed by atoms with Crippen LogP contribution in [0.5, 0.6) is 0 Å². The van der Waals surface area contributed by atoms with Crippen molar-refractivity contribution in [1.82, 2.24) is 0 Å². The maximum absolute atomic E-state index is 6.39. The van der Waals surface area contributed by atoms with Crippen LogP contribution in [-0.4, -0.2) is 18.5 Å². The fourth-order valence-corrected chi connectivity index (χ4v) is 6.73. The van der Waals surface area contributed by atoms with E-state index in [2.05, 4.69) is 17.2 Å². The molecule has 4 unspecified atom stereocenters. The first-order chi connectivity index (χ1) is 11.2. The first-order valence-electron chi connectivity index (χ1n) is 9.90. The molecule has 2 N–H and O–H groups in total. The van der Waals surface area contributed by atoms with Gasteiger partial charge in [-0.05, 0) is 56.3 Å². The van der Waals surface area contributed by atoms with Crippen LogP contribution in [0.15, 0.2) is 15.2 Å². The third-order valence-corrected chi connectivity index (χ3v) is 7.27. The molecule has 3 saturated carbocycles. The Bertz CT molecular complexity index is 474. The highest BCUT2D eigenvalue weighted by atomic mass is 15.3. The lowest BCUT2D eigenvalue weighted by atomic mass is 9.46. The maximum Gasteiger partial charge on any atom is 0.154 e. The third kappa shape index (κ3) is 2.57. The van der Waals surface area contributed by atoms with Crippen LogP contribution in [0.4, 0.5) is 0 Å². The molecule has 4 rings (SSSR count). The lowest BCUT2D eigenvalue weighted by Crippen LogP contribution is -2.56. The van der Waals surface area contributed by atoms with Crippen molar-refractivity contribution < 1.29 is 0 Å². The van der Waals surface area contributed by atoms with Crippen molar-refractivity contribution in [3.63, 3.8) is 0 Å². The molecule has 3 fully saturated rings. The number of rotatable bonds is 3. The molecular formula is C19H32N4. The van der Waals surface area contributed by atoms with Gasteiger partial charge in [0.05, 0.1) is 0 Å². The summed E-state index contributed by atoms with van der Waals surface area (Å²) in [5.41, 5.74) is 6.52. The molecule has 4 aliphatic rings. The molecule has 4 heteroatoms. The zero-order valence-electron chi connectivity index (χ0n) is 14.6. The van der Waals surface area contributed by atoms with E-state index < -0.39 is 0 Å². The highest BCUT2D eigenvalue weighted by molar-refractivity contribution is 5.90. The zero-order valence-corrected chi connectivity index (χ0v) is 14.6. The molecule has 128 valence electrons. The highest BCUT2D eigenvalue weighted by Crippen LogP contribution is 2.62. The number of amidine groups is 1. The molecule has 3 aliphatic carbocycles. The molecule has 23 heavy (non-hydrogen) atoms. The second kappa shape index (κ2) is 6.27.